The van der Waals surface area contributed by atoms with Gasteiger partial charge >= 0.3 is 6.18 Å². The van der Waals surface area contributed by atoms with Crippen molar-refractivity contribution in [2.24, 2.45) is 0 Å². The molecule has 2 nitrogen and oxygen atoms in total. The van der Waals surface area contributed by atoms with Gasteiger partial charge in [0, 0.05) is 30.6 Å². The highest BCUT2D eigenvalue weighted by atomic mass is 19.4. The molecule has 7 heteroatoms. The highest BCUT2D eigenvalue weighted by Crippen LogP contribution is 2.19. The number of benzene rings is 1. The third-order valence-corrected chi connectivity index (χ3v) is 2.92. The van der Waals surface area contributed by atoms with E-state index in [1.165, 1.54) is 0 Å². The van der Waals surface area contributed by atoms with Crippen LogP contribution in [0.4, 0.5) is 22.0 Å². The molecule has 1 aromatic rings. The molecule has 0 bridgehead atoms. The molecule has 0 unspecified atom stereocenters. The SMILES string of the molecule is CC(C)N(CCC(=O)c1cc(F)cc(F)c1)CC(F)(F)F. The predicted octanol–water partition coefficient (Wildman–Crippen LogP) is 3.81. The Morgan fingerprint density at radius 1 is 1.14 bits per heavy atom. The fraction of sp³-hybridized carbons (Fsp3) is 0.500. The minimum absolute atomic E-state index is 0.131. The minimum Gasteiger partial charge on any atom is -0.294 e. The molecule has 0 spiro atoms. The average Bonchev–Trinajstić information content (AvgIpc) is 2.31. The van der Waals surface area contributed by atoms with Gasteiger partial charge in [-0.3, -0.25) is 9.69 Å². The first-order valence-corrected chi connectivity index (χ1v) is 6.38. The number of ketones is 1. The first-order chi connectivity index (χ1) is 9.58. The molecule has 0 radical (unpaired) electrons. The first-order valence-electron chi connectivity index (χ1n) is 6.38. The van der Waals surface area contributed by atoms with Gasteiger partial charge in [-0.25, -0.2) is 8.78 Å². The molecule has 1 rings (SSSR count). The summed E-state index contributed by atoms with van der Waals surface area (Å²) in [5.41, 5.74) is -0.178. The Kier molecular flexibility index (Phi) is 5.83. The molecule has 1 aromatic carbocycles. The van der Waals surface area contributed by atoms with Crippen LogP contribution in [0.3, 0.4) is 0 Å². The standard InChI is InChI=1S/C14H16F5NO/c1-9(2)20(8-14(17,18)19)4-3-13(21)10-5-11(15)7-12(16)6-10/h5-7,9H,3-4,8H2,1-2H3. The Labute approximate surface area is 119 Å². The van der Waals surface area contributed by atoms with Crippen LogP contribution in [0.5, 0.6) is 0 Å². The zero-order valence-electron chi connectivity index (χ0n) is 11.7. The number of hydrogen-bond donors (Lipinski definition) is 0. The van der Waals surface area contributed by atoms with Crippen molar-refractivity contribution in [3.05, 3.63) is 35.4 Å². The summed E-state index contributed by atoms with van der Waals surface area (Å²) < 4.78 is 63.2. The number of carbonyl (C=O) groups excluding carboxylic acids is 1. The van der Waals surface area contributed by atoms with Crippen LogP contribution in [-0.4, -0.2) is 36.0 Å². The molecule has 0 amide bonds. The summed E-state index contributed by atoms with van der Waals surface area (Å²) in [5.74, 6) is -2.38. The Morgan fingerprint density at radius 3 is 2.10 bits per heavy atom. The lowest BCUT2D eigenvalue weighted by Crippen LogP contribution is -2.40. The van der Waals surface area contributed by atoms with Crippen molar-refractivity contribution in [1.29, 1.82) is 0 Å². The van der Waals surface area contributed by atoms with Crippen LogP contribution in [0, 0.1) is 11.6 Å². The van der Waals surface area contributed by atoms with Crippen LogP contribution in [0.1, 0.15) is 30.6 Å². The number of carbonyl (C=O) groups is 1. The third kappa shape index (κ3) is 6.20. The number of rotatable bonds is 6. The van der Waals surface area contributed by atoms with Crippen molar-refractivity contribution >= 4 is 5.78 Å². The number of Topliss-reactive ketones (excluding diaryl/α,β-unsaturated/α-hetero) is 1. The lowest BCUT2D eigenvalue weighted by atomic mass is 10.1. The number of alkyl halides is 3. The second kappa shape index (κ2) is 6.98. The quantitative estimate of drug-likeness (QED) is 0.588. The highest BCUT2D eigenvalue weighted by molar-refractivity contribution is 5.96. The highest BCUT2D eigenvalue weighted by Gasteiger charge is 2.31. The summed E-state index contributed by atoms with van der Waals surface area (Å²) in [7, 11) is 0. The Hall–Kier alpha value is -1.50. The maximum atomic E-state index is 13.0. The van der Waals surface area contributed by atoms with E-state index in [0.717, 1.165) is 17.0 Å². The van der Waals surface area contributed by atoms with Gasteiger partial charge in [-0.1, -0.05) is 0 Å². The molecule has 0 saturated heterocycles. The predicted molar refractivity (Wildman–Crippen MR) is 68.1 cm³/mol. The van der Waals surface area contributed by atoms with Crippen LogP contribution in [0.15, 0.2) is 18.2 Å². The van der Waals surface area contributed by atoms with Gasteiger partial charge in [-0.2, -0.15) is 13.2 Å². The maximum absolute atomic E-state index is 13.0. The molecular formula is C14H16F5NO. The monoisotopic (exact) mass is 309 g/mol. The molecule has 0 fully saturated rings. The van der Waals surface area contributed by atoms with E-state index in [1.807, 2.05) is 0 Å². The molecule has 0 heterocycles. The van der Waals surface area contributed by atoms with Crippen LogP contribution >= 0.6 is 0 Å². The zero-order valence-corrected chi connectivity index (χ0v) is 11.7. The normalized spacial score (nSPS) is 12.2. The fourth-order valence-corrected chi connectivity index (χ4v) is 1.85. The van der Waals surface area contributed by atoms with Gasteiger partial charge in [0.15, 0.2) is 5.78 Å². The van der Waals surface area contributed by atoms with Gasteiger partial charge < -0.3 is 0 Å². The molecule has 0 saturated carbocycles. The van der Waals surface area contributed by atoms with Gasteiger partial charge in [0.25, 0.3) is 0 Å². The van der Waals surface area contributed by atoms with Crippen molar-refractivity contribution < 1.29 is 26.7 Å². The lowest BCUT2D eigenvalue weighted by Gasteiger charge is -2.27. The Balaban J connectivity index is 2.69. The second-order valence-electron chi connectivity index (χ2n) is 5.01. The summed E-state index contributed by atoms with van der Waals surface area (Å²) in [5, 5.41) is 0. The van der Waals surface area contributed by atoms with Gasteiger partial charge in [0.1, 0.15) is 11.6 Å². The Bertz CT molecular complexity index is 478. The van der Waals surface area contributed by atoms with E-state index in [-0.39, 0.29) is 18.5 Å². The second-order valence-corrected chi connectivity index (χ2v) is 5.01. The van der Waals surface area contributed by atoms with E-state index in [9.17, 15) is 26.7 Å². The smallest absolute Gasteiger partial charge is 0.294 e. The molecule has 21 heavy (non-hydrogen) atoms. The molecular weight excluding hydrogens is 293 g/mol. The van der Waals surface area contributed by atoms with Crippen LogP contribution < -0.4 is 0 Å². The van der Waals surface area contributed by atoms with E-state index in [2.05, 4.69) is 0 Å². The maximum Gasteiger partial charge on any atom is 0.401 e. The summed E-state index contributed by atoms with van der Waals surface area (Å²) in [6.45, 7) is 1.90. The summed E-state index contributed by atoms with van der Waals surface area (Å²) in [4.78, 5) is 12.9. The van der Waals surface area contributed by atoms with E-state index >= 15 is 0 Å². The van der Waals surface area contributed by atoms with Gasteiger partial charge in [-0.05, 0) is 26.0 Å². The lowest BCUT2D eigenvalue weighted by molar-refractivity contribution is -0.149. The number of halogens is 5. The van der Waals surface area contributed by atoms with E-state index in [4.69, 9.17) is 0 Å². The molecule has 118 valence electrons. The molecule has 0 atom stereocenters. The molecule has 0 aliphatic heterocycles. The zero-order chi connectivity index (χ0) is 16.2. The van der Waals surface area contributed by atoms with Gasteiger partial charge in [0.2, 0.25) is 0 Å². The molecule has 0 N–H and O–H groups in total. The van der Waals surface area contributed by atoms with Crippen LogP contribution in [0.25, 0.3) is 0 Å². The topological polar surface area (TPSA) is 20.3 Å². The fourth-order valence-electron chi connectivity index (χ4n) is 1.85. The number of hydrogen-bond acceptors (Lipinski definition) is 2. The minimum atomic E-state index is -4.36. The molecule has 0 aliphatic rings. The van der Waals surface area contributed by atoms with E-state index in [1.54, 1.807) is 13.8 Å². The number of nitrogens with zero attached hydrogens (tertiary/aromatic N) is 1. The van der Waals surface area contributed by atoms with Crippen molar-refractivity contribution in [2.75, 3.05) is 13.1 Å². The van der Waals surface area contributed by atoms with E-state index < -0.39 is 36.2 Å². The van der Waals surface area contributed by atoms with Crippen LogP contribution in [0.2, 0.25) is 0 Å². The van der Waals surface area contributed by atoms with Gasteiger partial charge in [0.05, 0.1) is 6.54 Å². The average molecular weight is 309 g/mol. The molecule has 0 aromatic heterocycles. The van der Waals surface area contributed by atoms with Crippen molar-refractivity contribution in [3.63, 3.8) is 0 Å². The van der Waals surface area contributed by atoms with Gasteiger partial charge in [-0.15, -0.1) is 0 Å². The molecule has 0 aliphatic carbocycles. The summed E-state index contributed by atoms with van der Waals surface area (Å²) in [6, 6.07) is 1.97. The third-order valence-electron chi connectivity index (χ3n) is 2.92. The first kappa shape index (κ1) is 17.6. The Morgan fingerprint density at radius 2 is 1.67 bits per heavy atom. The largest absolute Gasteiger partial charge is 0.401 e. The van der Waals surface area contributed by atoms with E-state index in [0.29, 0.717) is 6.07 Å². The summed E-state index contributed by atoms with van der Waals surface area (Å²) >= 11 is 0. The van der Waals surface area contributed by atoms with Crippen molar-refractivity contribution in [3.8, 4) is 0 Å². The van der Waals surface area contributed by atoms with Crippen molar-refractivity contribution in [1.82, 2.24) is 4.90 Å². The van der Waals surface area contributed by atoms with Crippen LogP contribution in [-0.2, 0) is 0 Å². The van der Waals surface area contributed by atoms with Crippen molar-refractivity contribution in [2.45, 2.75) is 32.5 Å². The summed E-state index contributed by atoms with van der Waals surface area (Å²) in [6.07, 6.45) is -4.60.